The van der Waals surface area contributed by atoms with E-state index in [2.05, 4.69) is 10.6 Å². The summed E-state index contributed by atoms with van der Waals surface area (Å²) in [5, 5.41) is 7.86. The van der Waals surface area contributed by atoms with Gasteiger partial charge in [0.05, 0.1) is 4.88 Å². The summed E-state index contributed by atoms with van der Waals surface area (Å²) in [7, 11) is 0. The predicted octanol–water partition coefficient (Wildman–Crippen LogP) is 3.10. The van der Waals surface area contributed by atoms with E-state index >= 15 is 0 Å². The average molecular weight is 357 g/mol. The van der Waals surface area contributed by atoms with Crippen LogP contribution in [0.2, 0.25) is 0 Å². The summed E-state index contributed by atoms with van der Waals surface area (Å²) >= 11 is 1.44. The third-order valence-corrected chi connectivity index (χ3v) is 5.26. The normalized spacial score (nSPS) is 17.1. The molecule has 2 aromatic rings. The van der Waals surface area contributed by atoms with Crippen LogP contribution in [0.1, 0.15) is 28.1 Å². The van der Waals surface area contributed by atoms with Crippen molar-refractivity contribution in [1.29, 1.82) is 0 Å². The van der Waals surface area contributed by atoms with Crippen molar-refractivity contribution in [1.82, 2.24) is 15.5 Å². The Labute approximate surface area is 152 Å². The molecular formula is C19H23N3O2S. The number of hydrogen-bond acceptors (Lipinski definition) is 3. The maximum Gasteiger partial charge on any atom is 0.317 e. The maximum absolute atomic E-state index is 12.4. The molecule has 1 aliphatic rings. The van der Waals surface area contributed by atoms with Gasteiger partial charge >= 0.3 is 6.03 Å². The lowest BCUT2D eigenvalue weighted by Crippen LogP contribution is -2.47. The summed E-state index contributed by atoms with van der Waals surface area (Å²) < 4.78 is 0. The molecule has 5 nitrogen and oxygen atoms in total. The van der Waals surface area contributed by atoms with Gasteiger partial charge in [-0.2, -0.15) is 0 Å². The fraction of sp³-hybridized carbons (Fsp3) is 0.368. The van der Waals surface area contributed by atoms with E-state index in [9.17, 15) is 9.59 Å². The molecule has 0 aliphatic carbocycles. The summed E-state index contributed by atoms with van der Waals surface area (Å²) in [5.74, 6) is 0.279. The summed E-state index contributed by atoms with van der Waals surface area (Å²) in [6.07, 6.45) is 2.01. The van der Waals surface area contributed by atoms with Crippen molar-refractivity contribution in [2.24, 2.45) is 5.92 Å². The second kappa shape index (κ2) is 8.67. The molecule has 1 aromatic heterocycles. The monoisotopic (exact) mass is 357 g/mol. The summed E-state index contributed by atoms with van der Waals surface area (Å²) in [6.45, 7) is 2.61. The molecular weight excluding hydrogens is 334 g/mol. The van der Waals surface area contributed by atoms with Gasteiger partial charge in [-0.15, -0.1) is 11.3 Å². The zero-order chi connectivity index (χ0) is 17.5. The number of hydrogen-bond donors (Lipinski definition) is 2. The zero-order valence-electron chi connectivity index (χ0n) is 14.1. The third kappa shape index (κ3) is 5.06. The van der Waals surface area contributed by atoms with Gasteiger partial charge in [-0.3, -0.25) is 4.79 Å². The second-order valence-electron chi connectivity index (χ2n) is 6.29. The molecule has 3 amide bonds. The maximum atomic E-state index is 12.4. The Balaban J connectivity index is 1.44. The van der Waals surface area contributed by atoms with E-state index in [4.69, 9.17) is 0 Å². The van der Waals surface area contributed by atoms with Gasteiger partial charge in [0.1, 0.15) is 0 Å². The van der Waals surface area contributed by atoms with Gasteiger partial charge in [0.25, 0.3) is 5.91 Å². The molecule has 1 fully saturated rings. The number of nitrogens with zero attached hydrogens (tertiary/aromatic N) is 1. The number of carbonyl (C=O) groups excluding carboxylic acids is 2. The van der Waals surface area contributed by atoms with Crippen molar-refractivity contribution in [3.8, 4) is 0 Å². The van der Waals surface area contributed by atoms with Crippen molar-refractivity contribution >= 4 is 23.3 Å². The summed E-state index contributed by atoms with van der Waals surface area (Å²) in [6, 6.07) is 13.6. The van der Waals surface area contributed by atoms with Crippen LogP contribution >= 0.6 is 11.3 Å². The Morgan fingerprint density at radius 2 is 1.96 bits per heavy atom. The zero-order valence-corrected chi connectivity index (χ0v) is 14.9. The molecule has 1 aromatic carbocycles. The Morgan fingerprint density at radius 1 is 1.12 bits per heavy atom. The van der Waals surface area contributed by atoms with Crippen LogP contribution in [0.3, 0.4) is 0 Å². The molecule has 1 unspecified atom stereocenters. The minimum absolute atomic E-state index is 0.0272. The van der Waals surface area contributed by atoms with Gasteiger partial charge in [-0.25, -0.2) is 4.79 Å². The van der Waals surface area contributed by atoms with E-state index < -0.39 is 0 Å². The van der Waals surface area contributed by atoms with Crippen LogP contribution in [-0.4, -0.2) is 36.5 Å². The van der Waals surface area contributed by atoms with Crippen LogP contribution in [0.15, 0.2) is 47.8 Å². The first kappa shape index (κ1) is 17.5. The molecule has 0 radical (unpaired) electrons. The number of thiophene rings is 1. The molecule has 0 spiro atoms. The minimum Gasteiger partial charge on any atom is -0.351 e. The molecule has 25 heavy (non-hydrogen) atoms. The molecule has 2 N–H and O–H groups in total. The molecule has 0 bridgehead atoms. The number of amides is 3. The molecule has 3 rings (SSSR count). The topological polar surface area (TPSA) is 61.4 Å². The van der Waals surface area contributed by atoms with Gasteiger partial charge < -0.3 is 15.5 Å². The number of likely N-dealkylation sites (tertiary alicyclic amines) is 1. The van der Waals surface area contributed by atoms with Gasteiger partial charge in [0.2, 0.25) is 0 Å². The summed E-state index contributed by atoms with van der Waals surface area (Å²) in [4.78, 5) is 27.0. The predicted molar refractivity (Wildman–Crippen MR) is 99.6 cm³/mol. The van der Waals surface area contributed by atoms with Crippen LogP contribution in [0, 0.1) is 5.92 Å². The van der Waals surface area contributed by atoms with Gasteiger partial charge in [0, 0.05) is 26.2 Å². The quantitative estimate of drug-likeness (QED) is 0.864. The van der Waals surface area contributed by atoms with Crippen molar-refractivity contribution in [3.63, 3.8) is 0 Å². The SMILES string of the molecule is O=C(NCC1CCCN(C(=O)NCc2ccccc2)C1)c1cccs1. The first-order chi connectivity index (χ1) is 12.2. The van der Waals surface area contributed by atoms with Crippen LogP contribution < -0.4 is 10.6 Å². The highest BCUT2D eigenvalue weighted by Crippen LogP contribution is 2.16. The number of rotatable bonds is 5. The fourth-order valence-electron chi connectivity index (χ4n) is 3.03. The second-order valence-corrected chi connectivity index (χ2v) is 7.23. The lowest BCUT2D eigenvalue weighted by atomic mass is 9.98. The lowest BCUT2D eigenvalue weighted by Gasteiger charge is -2.32. The van der Waals surface area contributed by atoms with Gasteiger partial charge in [-0.05, 0) is 35.8 Å². The fourth-order valence-corrected chi connectivity index (χ4v) is 3.67. The number of benzene rings is 1. The van der Waals surface area contributed by atoms with E-state index in [-0.39, 0.29) is 11.9 Å². The van der Waals surface area contributed by atoms with Crippen LogP contribution in [0.25, 0.3) is 0 Å². The molecule has 0 saturated carbocycles. The van der Waals surface area contributed by atoms with Crippen LogP contribution in [0.5, 0.6) is 0 Å². The van der Waals surface area contributed by atoms with Crippen molar-refractivity contribution in [2.75, 3.05) is 19.6 Å². The largest absolute Gasteiger partial charge is 0.351 e. The highest BCUT2D eigenvalue weighted by molar-refractivity contribution is 7.12. The number of nitrogens with one attached hydrogen (secondary N) is 2. The van der Waals surface area contributed by atoms with E-state index in [0.717, 1.165) is 29.8 Å². The van der Waals surface area contributed by atoms with Crippen LogP contribution in [-0.2, 0) is 6.54 Å². The van der Waals surface area contributed by atoms with Crippen molar-refractivity contribution in [2.45, 2.75) is 19.4 Å². The van der Waals surface area contributed by atoms with E-state index in [0.29, 0.717) is 25.6 Å². The molecule has 1 aliphatic heterocycles. The average Bonchev–Trinajstić information content (AvgIpc) is 3.20. The van der Waals surface area contributed by atoms with Gasteiger partial charge in [0.15, 0.2) is 0 Å². The standard InChI is InChI=1S/C19H23N3O2S/c23-18(17-9-5-11-25-17)20-13-16-8-4-10-22(14-16)19(24)21-12-15-6-2-1-3-7-15/h1-3,5-7,9,11,16H,4,8,10,12-14H2,(H,20,23)(H,21,24). The molecule has 132 valence electrons. The Bertz CT molecular complexity index is 688. The highest BCUT2D eigenvalue weighted by atomic mass is 32.1. The lowest BCUT2D eigenvalue weighted by molar-refractivity contribution is 0.0941. The third-order valence-electron chi connectivity index (χ3n) is 4.39. The number of urea groups is 1. The van der Waals surface area contributed by atoms with E-state index in [1.807, 2.05) is 52.7 Å². The number of piperidine rings is 1. The molecule has 1 saturated heterocycles. The van der Waals surface area contributed by atoms with E-state index in [1.54, 1.807) is 0 Å². The Kier molecular flexibility index (Phi) is 6.06. The molecule has 2 heterocycles. The van der Waals surface area contributed by atoms with Crippen LogP contribution in [0.4, 0.5) is 4.79 Å². The Hall–Kier alpha value is -2.34. The molecule has 6 heteroatoms. The van der Waals surface area contributed by atoms with E-state index in [1.165, 1.54) is 11.3 Å². The molecule has 1 atom stereocenters. The van der Waals surface area contributed by atoms with Crippen molar-refractivity contribution < 1.29 is 9.59 Å². The minimum atomic E-state index is -0.0295. The first-order valence-corrected chi connectivity index (χ1v) is 9.49. The first-order valence-electron chi connectivity index (χ1n) is 8.61. The van der Waals surface area contributed by atoms with Crippen molar-refractivity contribution in [3.05, 3.63) is 58.3 Å². The smallest absolute Gasteiger partial charge is 0.317 e. The van der Waals surface area contributed by atoms with Gasteiger partial charge in [-0.1, -0.05) is 36.4 Å². The highest BCUT2D eigenvalue weighted by Gasteiger charge is 2.24. The summed E-state index contributed by atoms with van der Waals surface area (Å²) in [5.41, 5.74) is 1.09. The number of carbonyl (C=O) groups is 2. The Morgan fingerprint density at radius 3 is 2.72 bits per heavy atom.